The Morgan fingerprint density at radius 1 is 0.975 bits per heavy atom. The standard InChI is InChI=1S/C28H27F2N5O4S/c1-17-13-22(30)7-8-24(17)32-25-15-27(40(37,38)34-26-14-18(2)33-39-26)31-16-23(25)28(36)35-11-9-20(10-12-35)19-3-5-21(29)6-4-19/h3-8,13-16,20,34H,9-12H2,1-2H3,(H,31,32). The normalized spacial score (nSPS) is 14.2. The lowest BCUT2D eigenvalue weighted by Crippen LogP contribution is -2.38. The molecule has 1 aliphatic heterocycles. The maximum atomic E-state index is 13.7. The summed E-state index contributed by atoms with van der Waals surface area (Å²) in [6.07, 6.45) is 2.60. The number of anilines is 3. The fourth-order valence-corrected chi connectivity index (χ4v) is 5.62. The first-order chi connectivity index (χ1) is 19.1. The summed E-state index contributed by atoms with van der Waals surface area (Å²) in [7, 11) is -4.19. The topological polar surface area (TPSA) is 117 Å². The number of carbonyl (C=O) groups excluding carboxylic acids is 1. The van der Waals surface area contributed by atoms with Crippen molar-refractivity contribution in [1.29, 1.82) is 0 Å². The number of aromatic nitrogens is 2. The van der Waals surface area contributed by atoms with Gasteiger partial charge in [0.15, 0.2) is 5.03 Å². The van der Waals surface area contributed by atoms with Crippen molar-refractivity contribution in [2.24, 2.45) is 0 Å². The largest absolute Gasteiger partial charge is 0.355 e. The van der Waals surface area contributed by atoms with E-state index in [1.165, 1.54) is 48.7 Å². The van der Waals surface area contributed by atoms with Gasteiger partial charge in [-0.3, -0.25) is 4.79 Å². The number of hydrogen-bond donors (Lipinski definition) is 2. The molecule has 0 saturated carbocycles. The maximum absolute atomic E-state index is 13.7. The van der Waals surface area contributed by atoms with E-state index in [1.807, 2.05) is 0 Å². The predicted octanol–water partition coefficient (Wildman–Crippen LogP) is 5.53. The summed E-state index contributed by atoms with van der Waals surface area (Å²) < 4.78 is 60.4. The van der Waals surface area contributed by atoms with Crippen LogP contribution in [0, 0.1) is 25.5 Å². The second-order valence-electron chi connectivity index (χ2n) is 9.71. The van der Waals surface area contributed by atoms with Crippen LogP contribution in [-0.4, -0.2) is 42.5 Å². The molecule has 40 heavy (non-hydrogen) atoms. The maximum Gasteiger partial charge on any atom is 0.281 e. The number of nitrogens with zero attached hydrogens (tertiary/aromatic N) is 3. The van der Waals surface area contributed by atoms with Gasteiger partial charge in [-0.25, -0.2) is 18.5 Å². The van der Waals surface area contributed by atoms with E-state index in [0.717, 1.165) is 5.56 Å². The van der Waals surface area contributed by atoms with E-state index >= 15 is 0 Å². The summed E-state index contributed by atoms with van der Waals surface area (Å²) in [5.41, 5.74) is 2.94. The third kappa shape index (κ3) is 5.96. The molecule has 0 bridgehead atoms. The monoisotopic (exact) mass is 567 g/mol. The number of likely N-dealkylation sites (tertiary alicyclic amines) is 1. The fraction of sp³-hybridized carbons (Fsp3) is 0.250. The SMILES string of the molecule is Cc1cc(NS(=O)(=O)c2cc(Nc3ccc(F)cc3C)c(C(=O)N3CCC(c4ccc(F)cc4)CC3)cn2)on1. The van der Waals surface area contributed by atoms with E-state index in [-0.39, 0.29) is 39.8 Å². The number of sulfonamides is 1. The molecule has 2 aromatic carbocycles. The van der Waals surface area contributed by atoms with Gasteiger partial charge in [-0.2, -0.15) is 8.42 Å². The predicted molar refractivity (Wildman–Crippen MR) is 145 cm³/mol. The molecule has 4 aromatic rings. The average Bonchev–Trinajstić information content (AvgIpc) is 3.34. The minimum absolute atomic E-state index is 0.0765. The smallest absolute Gasteiger partial charge is 0.281 e. The van der Waals surface area contributed by atoms with Crippen molar-refractivity contribution in [2.45, 2.75) is 37.6 Å². The molecule has 2 aromatic heterocycles. The summed E-state index contributed by atoms with van der Waals surface area (Å²) in [4.78, 5) is 19.4. The minimum atomic E-state index is -4.19. The van der Waals surface area contributed by atoms with E-state index in [9.17, 15) is 22.0 Å². The lowest BCUT2D eigenvalue weighted by atomic mass is 9.89. The molecule has 1 aliphatic rings. The van der Waals surface area contributed by atoms with Crippen LogP contribution in [0.4, 0.5) is 26.0 Å². The Morgan fingerprint density at radius 3 is 2.33 bits per heavy atom. The van der Waals surface area contributed by atoms with Gasteiger partial charge in [0, 0.05) is 37.1 Å². The third-order valence-corrected chi connectivity index (χ3v) is 8.07. The molecule has 12 heteroatoms. The minimum Gasteiger partial charge on any atom is -0.355 e. The lowest BCUT2D eigenvalue weighted by Gasteiger charge is -2.32. The number of halogens is 2. The summed E-state index contributed by atoms with van der Waals surface area (Å²) in [6.45, 7) is 4.26. The number of rotatable bonds is 7. The van der Waals surface area contributed by atoms with Crippen LogP contribution in [0.2, 0.25) is 0 Å². The number of aryl methyl sites for hydroxylation is 2. The number of hydrogen-bond acceptors (Lipinski definition) is 7. The van der Waals surface area contributed by atoms with E-state index in [2.05, 4.69) is 20.2 Å². The zero-order valence-corrected chi connectivity index (χ0v) is 22.6. The van der Waals surface area contributed by atoms with Gasteiger partial charge in [0.2, 0.25) is 5.88 Å². The van der Waals surface area contributed by atoms with Crippen LogP contribution in [0.3, 0.4) is 0 Å². The first-order valence-electron chi connectivity index (χ1n) is 12.6. The quantitative estimate of drug-likeness (QED) is 0.302. The van der Waals surface area contributed by atoms with Gasteiger partial charge >= 0.3 is 0 Å². The Morgan fingerprint density at radius 2 is 1.68 bits per heavy atom. The van der Waals surface area contributed by atoms with Crippen molar-refractivity contribution in [3.63, 3.8) is 0 Å². The van der Waals surface area contributed by atoms with Crippen molar-refractivity contribution in [1.82, 2.24) is 15.0 Å². The van der Waals surface area contributed by atoms with Gasteiger partial charge in [-0.1, -0.05) is 17.3 Å². The van der Waals surface area contributed by atoms with E-state index in [1.54, 1.807) is 30.9 Å². The molecule has 0 unspecified atom stereocenters. The lowest BCUT2D eigenvalue weighted by molar-refractivity contribution is 0.0713. The highest BCUT2D eigenvalue weighted by molar-refractivity contribution is 7.92. The molecule has 0 atom stereocenters. The molecule has 5 rings (SSSR count). The number of pyridine rings is 1. The molecule has 1 amide bonds. The van der Waals surface area contributed by atoms with Gasteiger partial charge in [-0.05, 0) is 74.1 Å². The van der Waals surface area contributed by atoms with Crippen LogP contribution in [0.15, 0.2) is 70.3 Å². The highest BCUT2D eigenvalue weighted by Gasteiger charge is 2.28. The van der Waals surface area contributed by atoms with Crippen molar-refractivity contribution >= 4 is 33.2 Å². The number of amides is 1. The van der Waals surface area contributed by atoms with Gasteiger partial charge in [0.1, 0.15) is 11.6 Å². The van der Waals surface area contributed by atoms with Crippen LogP contribution in [0.1, 0.15) is 45.9 Å². The van der Waals surface area contributed by atoms with Gasteiger partial charge < -0.3 is 14.7 Å². The van der Waals surface area contributed by atoms with Gasteiger partial charge in [-0.15, -0.1) is 0 Å². The molecule has 9 nitrogen and oxygen atoms in total. The zero-order valence-electron chi connectivity index (χ0n) is 21.8. The van der Waals surface area contributed by atoms with E-state index < -0.39 is 15.8 Å². The number of carbonyl (C=O) groups is 1. The first-order valence-corrected chi connectivity index (χ1v) is 14.1. The van der Waals surface area contributed by atoms with Gasteiger partial charge in [0.05, 0.1) is 16.9 Å². The molecule has 0 spiro atoms. The molecular weight excluding hydrogens is 540 g/mol. The third-order valence-electron chi connectivity index (χ3n) is 6.83. The highest BCUT2D eigenvalue weighted by Crippen LogP contribution is 2.31. The molecule has 2 N–H and O–H groups in total. The molecule has 1 saturated heterocycles. The van der Waals surface area contributed by atoms with Crippen molar-refractivity contribution < 1.29 is 26.5 Å². The van der Waals surface area contributed by atoms with Crippen molar-refractivity contribution in [2.75, 3.05) is 23.1 Å². The number of piperidine rings is 1. The summed E-state index contributed by atoms with van der Waals surface area (Å²) in [5.74, 6) is -0.923. The fourth-order valence-electron chi connectivity index (χ4n) is 4.69. The Balaban J connectivity index is 1.42. The van der Waals surface area contributed by atoms with Crippen LogP contribution in [-0.2, 0) is 10.0 Å². The molecule has 0 aliphatic carbocycles. The van der Waals surface area contributed by atoms with Crippen LogP contribution in [0.5, 0.6) is 0 Å². The summed E-state index contributed by atoms with van der Waals surface area (Å²) in [6, 6.07) is 13.2. The highest BCUT2D eigenvalue weighted by atomic mass is 32.2. The molecule has 3 heterocycles. The zero-order chi connectivity index (χ0) is 28.4. The van der Waals surface area contributed by atoms with Crippen LogP contribution < -0.4 is 10.0 Å². The molecular formula is C28H27F2N5O4S. The average molecular weight is 568 g/mol. The van der Waals surface area contributed by atoms with E-state index in [0.29, 0.717) is 42.9 Å². The van der Waals surface area contributed by atoms with Crippen LogP contribution in [0.25, 0.3) is 0 Å². The molecule has 1 fully saturated rings. The Bertz CT molecular complexity index is 1650. The second kappa shape index (κ2) is 11.0. The Labute approximate surface area is 230 Å². The summed E-state index contributed by atoms with van der Waals surface area (Å²) in [5, 5.41) is 6.41. The molecule has 0 radical (unpaired) electrons. The number of benzene rings is 2. The molecule has 208 valence electrons. The Hall–Kier alpha value is -4.32. The van der Waals surface area contributed by atoms with E-state index in [4.69, 9.17) is 4.52 Å². The van der Waals surface area contributed by atoms with Gasteiger partial charge in [0.25, 0.3) is 15.9 Å². The van der Waals surface area contributed by atoms with Crippen LogP contribution >= 0.6 is 0 Å². The first kappa shape index (κ1) is 27.3. The van der Waals surface area contributed by atoms with Crippen molar-refractivity contribution in [3.05, 3.63) is 94.8 Å². The Kier molecular flexibility index (Phi) is 7.53. The summed E-state index contributed by atoms with van der Waals surface area (Å²) >= 11 is 0. The number of nitrogens with one attached hydrogen (secondary N) is 2. The van der Waals surface area contributed by atoms with Crippen molar-refractivity contribution in [3.8, 4) is 0 Å². The second-order valence-corrected chi connectivity index (χ2v) is 11.3.